The molecule has 3 aromatic carbocycles. The summed E-state index contributed by atoms with van der Waals surface area (Å²) in [6, 6.07) is 14.5. The Morgan fingerprint density at radius 3 is 2.09 bits per heavy atom. The molecule has 0 fully saturated rings. The van der Waals surface area contributed by atoms with E-state index in [1.54, 1.807) is 37.3 Å². The number of carbonyl (C=O) groups is 2. The number of methoxy groups -OCH3 is 3. The van der Waals surface area contributed by atoms with Crippen LogP contribution < -0.4 is 23.8 Å². The highest BCUT2D eigenvalue weighted by Gasteiger charge is 2.34. The second-order valence-corrected chi connectivity index (χ2v) is 13.0. The van der Waals surface area contributed by atoms with Gasteiger partial charge in [-0.05, 0) is 60.9 Å². The lowest BCUT2D eigenvalue weighted by Gasteiger charge is -2.32. The van der Waals surface area contributed by atoms with Crippen molar-refractivity contribution in [2.45, 2.75) is 38.3 Å². The molecule has 10 nitrogen and oxygen atoms in total. The fourth-order valence-electron chi connectivity index (χ4n) is 4.34. The minimum Gasteiger partial charge on any atom is -0.495 e. The third-order valence-electron chi connectivity index (χ3n) is 6.73. The summed E-state index contributed by atoms with van der Waals surface area (Å²) in [6.07, 6.45) is 0. The molecule has 0 spiro atoms. The Hall–Kier alpha value is -3.67. The molecule has 0 heterocycles. The van der Waals surface area contributed by atoms with Crippen molar-refractivity contribution in [2.75, 3.05) is 38.7 Å². The van der Waals surface area contributed by atoms with E-state index in [0.29, 0.717) is 22.9 Å². The molecule has 44 heavy (non-hydrogen) atoms. The van der Waals surface area contributed by atoms with E-state index >= 15 is 0 Å². The number of nitrogens with zero attached hydrogens (tertiary/aromatic N) is 2. The number of hydrogen-bond acceptors (Lipinski definition) is 7. The molecule has 0 saturated carbocycles. The fourth-order valence-corrected chi connectivity index (χ4v) is 6.15. The van der Waals surface area contributed by atoms with Gasteiger partial charge >= 0.3 is 0 Å². The standard InChI is InChI=1S/C31H37Cl2N3O7S/c1-20(2)17-34-31(38)21(3)35(18-22-8-7-9-23(32)14-22)30(37)19-36(26-15-24(33)10-12-27(26)41-4)44(39,40)25-11-13-28(42-5)29(16-25)43-6/h7-16,20-21H,17-19H2,1-6H3,(H,34,38). The molecule has 1 N–H and O–H groups in total. The van der Waals surface area contributed by atoms with Gasteiger partial charge in [-0.1, -0.05) is 49.2 Å². The predicted octanol–water partition coefficient (Wildman–Crippen LogP) is 5.40. The van der Waals surface area contributed by atoms with E-state index in [9.17, 15) is 18.0 Å². The zero-order valence-electron chi connectivity index (χ0n) is 25.5. The van der Waals surface area contributed by atoms with Gasteiger partial charge < -0.3 is 24.4 Å². The Morgan fingerprint density at radius 1 is 0.841 bits per heavy atom. The lowest BCUT2D eigenvalue weighted by Crippen LogP contribution is -2.51. The smallest absolute Gasteiger partial charge is 0.265 e. The first-order chi connectivity index (χ1) is 20.8. The minimum atomic E-state index is -4.45. The number of rotatable bonds is 14. The minimum absolute atomic E-state index is 0.00736. The van der Waals surface area contributed by atoms with E-state index in [0.717, 1.165) is 4.31 Å². The number of hydrogen-bond donors (Lipinski definition) is 1. The molecular weight excluding hydrogens is 629 g/mol. The maximum absolute atomic E-state index is 14.3. The Morgan fingerprint density at radius 2 is 1.48 bits per heavy atom. The summed E-state index contributed by atoms with van der Waals surface area (Å²) in [5.41, 5.74) is 0.687. The lowest BCUT2D eigenvalue weighted by atomic mass is 10.1. The molecule has 0 saturated heterocycles. The summed E-state index contributed by atoms with van der Waals surface area (Å²) < 4.78 is 45.5. The molecule has 1 atom stereocenters. The summed E-state index contributed by atoms with van der Waals surface area (Å²) >= 11 is 12.5. The fraction of sp³-hybridized carbons (Fsp3) is 0.355. The van der Waals surface area contributed by atoms with Crippen molar-refractivity contribution in [2.24, 2.45) is 5.92 Å². The monoisotopic (exact) mass is 665 g/mol. The predicted molar refractivity (Wildman–Crippen MR) is 171 cm³/mol. The molecule has 2 amide bonds. The second kappa shape index (κ2) is 15.4. The molecule has 0 aliphatic carbocycles. The number of benzene rings is 3. The van der Waals surface area contributed by atoms with Crippen LogP contribution in [-0.2, 0) is 26.2 Å². The zero-order valence-corrected chi connectivity index (χ0v) is 27.8. The summed E-state index contributed by atoms with van der Waals surface area (Å²) in [5, 5.41) is 3.52. The van der Waals surface area contributed by atoms with Crippen molar-refractivity contribution in [3.8, 4) is 17.2 Å². The highest BCUT2D eigenvalue weighted by atomic mass is 35.5. The summed E-state index contributed by atoms with van der Waals surface area (Å²) in [5.74, 6) is -0.192. The Kier molecular flexibility index (Phi) is 12.2. The van der Waals surface area contributed by atoms with Gasteiger partial charge in [0.15, 0.2) is 11.5 Å². The van der Waals surface area contributed by atoms with E-state index in [-0.39, 0.29) is 45.5 Å². The van der Waals surface area contributed by atoms with Crippen LogP contribution in [0, 0.1) is 5.92 Å². The van der Waals surface area contributed by atoms with Crippen LogP contribution in [0.15, 0.2) is 65.6 Å². The van der Waals surface area contributed by atoms with Gasteiger partial charge in [0.05, 0.1) is 31.9 Å². The van der Waals surface area contributed by atoms with Crippen LogP contribution in [-0.4, -0.2) is 65.6 Å². The van der Waals surface area contributed by atoms with Crippen LogP contribution in [0.2, 0.25) is 10.0 Å². The second-order valence-electron chi connectivity index (χ2n) is 10.3. The van der Waals surface area contributed by atoms with Crippen LogP contribution in [0.25, 0.3) is 0 Å². The summed E-state index contributed by atoms with van der Waals surface area (Å²) in [7, 11) is -0.254. The molecule has 0 aliphatic heterocycles. The molecule has 13 heteroatoms. The van der Waals surface area contributed by atoms with Gasteiger partial charge in [-0.25, -0.2) is 8.42 Å². The molecular formula is C31H37Cl2N3O7S. The van der Waals surface area contributed by atoms with E-state index in [1.165, 1.54) is 56.6 Å². The van der Waals surface area contributed by atoms with Crippen molar-refractivity contribution in [3.05, 3.63) is 76.3 Å². The van der Waals surface area contributed by atoms with Crippen molar-refractivity contribution in [1.29, 1.82) is 0 Å². The number of ether oxygens (including phenoxy) is 3. The van der Waals surface area contributed by atoms with Gasteiger partial charge in [-0.15, -0.1) is 0 Å². The number of sulfonamides is 1. The Bertz CT molecular complexity index is 1580. The van der Waals surface area contributed by atoms with E-state index in [1.807, 2.05) is 13.8 Å². The normalized spacial score (nSPS) is 11.9. The van der Waals surface area contributed by atoms with Gasteiger partial charge in [0.2, 0.25) is 11.8 Å². The third-order valence-corrected chi connectivity index (χ3v) is 8.95. The van der Waals surface area contributed by atoms with Crippen molar-refractivity contribution in [1.82, 2.24) is 10.2 Å². The number of amides is 2. The van der Waals surface area contributed by atoms with Crippen LogP contribution in [0.1, 0.15) is 26.3 Å². The van der Waals surface area contributed by atoms with E-state index < -0.39 is 28.5 Å². The quantitative estimate of drug-likeness (QED) is 0.245. The molecule has 238 valence electrons. The van der Waals surface area contributed by atoms with Gasteiger partial charge in [-0.2, -0.15) is 0 Å². The molecule has 0 aromatic heterocycles. The first-order valence-electron chi connectivity index (χ1n) is 13.7. The first kappa shape index (κ1) is 34.8. The third kappa shape index (κ3) is 8.49. The highest BCUT2D eigenvalue weighted by molar-refractivity contribution is 7.92. The van der Waals surface area contributed by atoms with Gasteiger partial charge in [0.25, 0.3) is 10.0 Å². The Balaban J connectivity index is 2.13. The van der Waals surface area contributed by atoms with Crippen molar-refractivity contribution < 1.29 is 32.2 Å². The van der Waals surface area contributed by atoms with E-state index in [4.69, 9.17) is 37.4 Å². The molecule has 0 aliphatic rings. The number of anilines is 1. The van der Waals surface area contributed by atoms with Gasteiger partial charge in [-0.3, -0.25) is 13.9 Å². The average molecular weight is 667 g/mol. The largest absolute Gasteiger partial charge is 0.495 e. The maximum Gasteiger partial charge on any atom is 0.265 e. The van der Waals surface area contributed by atoms with Crippen LogP contribution in [0.3, 0.4) is 0 Å². The number of carbonyl (C=O) groups excluding carboxylic acids is 2. The SMILES string of the molecule is COc1ccc(S(=O)(=O)N(CC(=O)N(Cc2cccc(Cl)c2)C(C)C(=O)NCC(C)C)c2cc(Cl)ccc2OC)cc1OC. The summed E-state index contributed by atoms with van der Waals surface area (Å²) in [4.78, 5) is 28.5. The molecule has 1 unspecified atom stereocenters. The number of nitrogens with one attached hydrogen (secondary N) is 1. The molecule has 0 radical (unpaired) electrons. The zero-order chi connectivity index (χ0) is 32.6. The van der Waals surface area contributed by atoms with E-state index in [2.05, 4.69) is 5.32 Å². The van der Waals surface area contributed by atoms with Gasteiger partial charge in [0, 0.05) is 29.2 Å². The maximum atomic E-state index is 14.3. The van der Waals surface area contributed by atoms with Gasteiger partial charge in [0.1, 0.15) is 18.3 Å². The van der Waals surface area contributed by atoms with Crippen molar-refractivity contribution in [3.63, 3.8) is 0 Å². The summed E-state index contributed by atoms with van der Waals surface area (Å²) in [6.45, 7) is 5.21. The molecule has 3 rings (SSSR count). The highest BCUT2D eigenvalue weighted by Crippen LogP contribution is 2.37. The first-order valence-corrected chi connectivity index (χ1v) is 15.9. The number of halogens is 2. The molecule has 0 bridgehead atoms. The Labute approximate surface area is 268 Å². The molecule has 3 aromatic rings. The van der Waals surface area contributed by atoms with Crippen molar-refractivity contribution >= 4 is 50.7 Å². The van der Waals surface area contributed by atoms with Crippen LogP contribution in [0.4, 0.5) is 5.69 Å². The topological polar surface area (TPSA) is 114 Å². The van der Waals surface area contributed by atoms with Crippen LogP contribution >= 0.6 is 23.2 Å². The average Bonchev–Trinajstić information content (AvgIpc) is 3.00. The van der Waals surface area contributed by atoms with Crippen LogP contribution in [0.5, 0.6) is 17.2 Å². The lowest BCUT2D eigenvalue weighted by molar-refractivity contribution is -0.139.